The number of morpholine rings is 1. The molecular weight excluding hydrogens is 182 g/mol. The molecule has 72 valence electrons. The Kier molecular flexibility index (Phi) is 3.35. The van der Waals surface area contributed by atoms with Gasteiger partial charge in [-0.1, -0.05) is 0 Å². The van der Waals surface area contributed by atoms with E-state index in [0.717, 1.165) is 26.3 Å². The number of rotatable bonds is 3. The summed E-state index contributed by atoms with van der Waals surface area (Å²) in [6, 6.07) is 2.21. The monoisotopic (exact) mass is 197 g/mol. The first-order valence-electron chi connectivity index (χ1n) is 4.76. The summed E-state index contributed by atoms with van der Waals surface area (Å²) in [5, 5.41) is 4.38. The van der Waals surface area contributed by atoms with Crippen LogP contribution in [-0.2, 0) is 11.2 Å². The minimum atomic E-state index is 0.906. The van der Waals surface area contributed by atoms with Crippen LogP contribution in [-0.4, -0.2) is 37.7 Å². The second-order valence-electron chi connectivity index (χ2n) is 3.34. The van der Waals surface area contributed by atoms with Crippen molar-refractivity contribution >= 4 is 11.3 Å². The van der Waals surface area contributed by atoms with E-state index in [1.807, 2.05) is 0 Å². The first-order chi connectivity index (χ1) is 6.45. The van der Waals surface area contributed by atoms with Crippen molar-refractivity contribution in [3.8, 4) is 0 Å². The molecule has 1 saturated heterocycles. The summed E-state index contributed by atoms with van der Waals surface area (Å²) in [6.07, 6.45) is 1.18. The minimum Gasteiger partial charge on any atom is -0.379 e. The zero-order valence-electron chi connectivity index (χ0n) is 7.74. The topological polar surface area (TPSA) is 12.5 Å². The summed E-state index contributed by atoms with van der Waals surface area (Å²) < 4.78 is 5.30. The Labute approximate surface area is 83.1 Å². The summed E-state index contributed by atoms with van der Waals surface area (Å²) in [4.78, 5) is 2.47. The molecule has 0 N–H and O–H groups in total. The molecule has 1 aromatic heterocycles. The van der Waals surface area contributed by atoms with Crippen molar-refractivity contribution < 1.29 is 4.74 Å². The molecule has 0 radical (unpaired) electrons. The van der Waals surface area contributed by atoms with Crippen LogP contribution in [0.2, 0.25) is 0 Å². The SMILES string of the molecule is c1cc(CCN2CCOCC2)cs1. The van der Waals surface area contributed by atoms with Gasteiger partial charge in [0.1, 0.15) is 0 Å². The average molecular weight is 197 g/mol. The maximum absolute atomic E-state index is 5.30. The molecule has 1 fully saturated rings. The van der Waals surface area contributed by atoms with E-state index in [-0.39, 0.29) is 0 Å². The molecule has 0 amide bonds. The van der Waals surface area contributed by atoms with E-state index in [0.29, 0.717) is 0 Å². The van der Waals surface area contributed by atoms with Crippen molar-refractivity contribution in [2.75, 3.05) is 32.8 Å². The third kappa shape index (κ3) is 2.79. The maximum Gasteiger partial charge on any atom is 0.0594 e. The Morgan fingerprint density at radius 1 is 1.38 bits per heavy atom. The summed E-state index contributed by atoms with van der Waals surface area (Å²) in [6.45, 7) is 5.20. The Bertz CT molecular complexity index is 229. The minimum absolute atomic E-state index is 0.906. The first-order valence-corrected chi connectivity index (χ1v) is 5.70. The molecule has 2 nitrogen and oxygen atoms in total. The van der Waals surface area contributed by atoms with Gasteiger partial charge in [-0.3, -0.25) is 4.90 Å². The van der Waals surface area contributed by atoms with Crippen LogP contribution in [0.15, 0.2) is 16.8 Å². The Balaban J connectivity index is 1.72. The number of hydrogen-bond acceptors (Lipinski definition) is 3. The fourth-order valence-corrected chi connectivity index (χ4v) is 2.25. The van der Waals surface area contributed by atoms with Gasteiger partial charge in [-0.15, -0.1) is 0 Å². The smallest absolute Gasteiger partial charge is 0.0594 e. The predicted molar refractivity (Wildman–Crippen MR) is 55.3 cm³/mol. The standard InChI is InChI=1S/C10H15NOS/c1(10-2-8-13-9-10)3-11-4-6-12-7-5-11/h2,8-9H,1,3-7H2. The van der Waals surface area contributed by atoms with Gasteiger partial charge >= 0.3 is 0 Å². The quantitative estimate of drug-likeness (QED) is 0.730. The van der Waals surface area contributed by atoms with E-state index in [1.165, 1.54) is 18.5 Å². The lowest BCUT2D eigenvalue weighted by Gasteiger charge is -2.26. The van der Waals surface area contributed by atoms with Gasteiger partial charge in [-0.25, -0.2) is 0 Å². The van der Waals surface area contributed by atoms with Crippen LogP contribution >= 0.6 is 11.3 Å². The van der Waals surface area contributed by atoms with E-state index in [4.69, 9.17) is 4.74 Å². The number of nitrogens with zero attached hydrogens (tertiary/aromatic N) is 1. The fourth-order valence-electron chi connectivity index (χ4n) is 1.55. The summed E-state index contributed by atoms with van der Waals surface area (Å²) in [7, 11) is 0. The number of hydrogen-bond donors (Lipinski definition) is 0. The lowest BCUT2D eigenvalue weighted by Crippen LogP contribution is -2.37. The van der Waals surface area contributed by atoms with Crippen molar-refractivity contribution in [2.45, 2.75) is 6.42 Å². The molecule has 0 aromatic carbocycles. The van der Waals surface area contributed by atoms with Gasteiger partial charge in [-0.05, 0) is 28.8 Å². The van der Waals surface area contributed by atoms with E-state index in [1.54, 1.807) is 11.3 Å². The van der Waals surface area contributed by atoms with Crippen LogP contribution < -0.4 is 0 Å². The van der Waals surface area contributed by atoms with Crippen molar-refractivity contribution in [1.82, 2.24) is 4.90 Å². The van der Waals surface area contributed by atoms with Crippen LogP contribution in [0.25, 0.3) is 0 Å². The normalized spacial score (nSPS) is 19.1. The van der Waals surface area contributed by atoms with Crippen molar-refractivity contribution in [2.24, 2.45) is 0 Å². The van der Waals surface area contributed by atoms with Crippen molar-refractivity contribution in [3.05, 3.63) is 22.4 Å². The highest BCUT2D eigenvalue weighted by molar-refractivity contribution is 7.07. The molecule has 3 heteroatoms. The molecule has 0 atom stereocenters. The number of ether oxygens (including phenoxy) is 1. The molecule has 1 aliphatic rings. The molecule has 2 heterocycles. The van der Waals surface area contributed by atoms with Crippen molar-refractivity contribution in [1.29, 1.82) is 0 Å². The van der Waals surface area contributed by atoms with Gasteiger partial charge in [0, 0.05) is 19.6 Å². The van der Waals surface area contributed by atoms with Crippen LogP contribution in [0.3, 0.4) is 0 Å². The zero-order valence-corrected chi connectivity index (χ0v) is 8.55. The summed E-state index contributed by atoms with van der Waals surface area (Å²) in [5.74, 6) is 0. The molecule has 0 saturated carbocycles. The molecule has 13 heavy (non-hydrogen) atoms. The van der Waals surface area contributed by atoms with E-state index >= 15 is 0 Å². The molecule has 0 unspecified atom stereocenters. The average Bonchev–Trinajstić information content (AvgIpc) is 2.69. The molecule has 0 spiro atoms. The Hall–Kier alpha value is -0.380. The molecule has 1 aliphatic heterocycles. The third-order valence-corrected chi connectivity index (χ3v) is 3.13. The summed E-state index contributed by atoms with van der Waals surface area (Å²) in [5.41, 5.74) is 1.47. The Morgan fingerprint density at radius 3 is 2.92 bits per heavy atom. The zero-order chi connectivity index (χ0) is 8.93. The highest BCUT2D eigenvalue weighted by Crippen LogP contribution is 2.07. The molecule has 2 rings (SSSR count). The predicted octanol–water partition coefficient (Wildman–Crippen LogP) is 1.62. The summed E-state index contributed by atoms with van der Waals surface area (Å²) >= 11 is 1.78. The third-order valence-electron chi connectivity index (χ3n) is 2.40. The number of thiophene rings is 1. The van der Waals surface area contributed by atoms with Gasteiger partial charge in [0.25, 0.3) is 0 Å². The van der Waals surface area contributed by atoms with Crippen LogP contribution in [0.5, 0.6) is 0 Å². The van der Waals surface area contributed by atoms with E-state index in [2.05, 4.69) is 21.7 Å². The van der Waals surface area contributed by atoms with Gasteiger partial charge in [-0.2, -0.15) is 11.3 Å². The van der Waals surface area contributed by atoms with Crippen molar-refractivity contribution in [3.63, 3.8) is 0 Å². The van der Waals surface area contributed by atoms with Crippen LogP contribution in [0.4, 0.5) is 0 Å². The largest absolute Gasteiger partial charge is 0.379 e. The highest BCUT2D eigenvalue weighted by atomic mass is 32.1. The highest BCUT2D eigenvalue weighted by Gasteiger charge is 2.09. The maximum atomic E-state index is 5.30. The second-order valence-corrected chi connectivity index (χ2v) is 4.12. The Morgan fingerprint density at radius 2 is 2.23 bits per heavy atom. The lowest BCUT2D eigenvalue weighted by molar-refractivity contribution is 0.0384. The van der Waals surface area contributed by atoms with Gasteiger partial charge < -0.3 is 4.74 Å². The van der Waals surface area contributed by atoms with E-state index in [9.17, 15) is 0 Å². The molecule has 0 bridgehead atoms. The van der Waals surface area contributed by atoms with Crippen LogP contribution in [0, 0.1) is 0 Å². The lowest BCUT2D eigenvalue weighted by atomic mass is 10.2. The first kappa shape index (κ1) is 9.19. The molecule has 1 aromatic rings. The molecular formula is C10H15NOS. The molecule has 0 aliphatic carbocycles. The fraction of sp³-hybridized carbons (Fsp3) is 0.600. The van der Waals surface area contributed by atoms with Crippen LogP contribution in [0.1, 0.15) is 5.56 Å². The van der Waals surface area contributed by atoms with Gasteiger partial charge in [0.2, 0.25) is 0 Å². The van der Waals surface area contributed by atoms with E-state index < -0.39 is 0 Å². The van der Waals surface area contributed by atoms with Gasteiger partial charge in [0.15, 0.2) is 0 Å². The second kappa shape index (κ2) is 4.74. The van der Waals surface area contributed by atoms with Gasteiger partial charge in [0.05, 0.1) is 13.2 Å².